The van der Waals surface area contributed by atoms with E-state index in [2.05, 4.69) is 15.8 Å². The number of nitrogens with zero attached hydrogens (tertiary/aromatic N) is 1. The van der Waals surface area contributed by atoms with E-state index in [0.29, 0.717) is 32.8 Å². The maximum atomic E-state index is 11.9. The van der Waals surface area contributed by atoms with Gasteiger partial charge in [-0.3, -0.25) is 9.59 Å². The highest BCUT2D eigenvalue weighted by Gasteiger charge is 2.10. The maximum Gasteiger partial charge on any atom is 0.249 e. The predicted molar refractivity (Wildman–Crippen MR) is 105 cm³/mol. The van der Waals surface area contributed by atoms with Crippen molar-refractivity contribution in [2.45, 2.75) is 6.42 Å². The molecule has 0 aromatic heterocycles. The van der Waals surface area contributed by atoms with Crippen LogP contribution in [0.15, 0.2) is 41.5 Å². The summed E-state index contributed by atoms with van der Waals surface area (Å²) >= 11 is 11.7. The van der Waals surface area contributed by atoms with Gasteiger partial charge in [0.2, 0.25) is 11.8 Å². The summed E-state index contributed by atoms with van der Waals surface area (Å²) in [4.78, 5) is 23.7. The minimum absolute atomic E-state index is 0.303. The van der Waals surface area contributed by atoms with Crippen molar-refractivity contribution in [1.82, 2.24) is 5.43 Å². The molecular formula is C18H17Cl2N3O4. The normalized spacial score (nSPS) is 10.5. The van der Waals surface area contributed by atoms with E-state index in [4.69, 9.17) is 32.7 Å². The van der Waals surface area contributed by atoms with Gasteiger partial charge in [-0.1, -0.05) is 23.2 Å². The van der Waals surface area contributed by atoms with E-state index in [9.17, 15) is 9.59 Å². The lowest BCUT2D eigenvalue weighted by Gasteiger charge is -2.07. The van der Waals surface area contributed by atoms with Gasteiger partial charge in [-0.2, -0.15) is 5.10 Å². The van der Waals surface area contributed by atoms with Crippen LogP contribution in [-0.2, 0) is 9.59 Å². The Kier molecular flexibility index (Phi) is 7.45. The van der Waals surface area contributed by atoms with Crippen molar-refractivity contribution in [2.24, 2.45) is 5.10 Å². The van der Waals surface area contributed by atoms with Crippen molar-refractivity contribution in [3.8, 4) is 11.5 Å². The maximum absolute atomic E-state index is 11.9. The SMILES string of the molecule is COc1ccc(C=NNC(=O)CC(=O)Nc2ccc(Cl)c(Cl)c2)c(OC)c1. The molecule has 7 nitrogen and oxygen atoms in total. The fourth-order valence-electron chi connectivity index (χ4n) is 2.06. The van der Waals surface area contributed by atoms with Crippen molar-refractivity contribution in [2.75, 3.05) is 19.5 Å². The molecule has 0 radical (unpaired) electrons. The van der Waals surface area contributed by atoms with Crippen molar-refractivity contribution < 1.29 is 19.1 Å². The Morgan fingerprint density at radius 1 is 1.04 bits per heavy atom. The van der Waals surface area contributed by atoms with Crippen molar-refractivity contribution in [1.29, 1.82) is 0 Å². The quantitative estimate of drug-likeness (QED) is 0.416. The molecule has 27 heavy (non-hydrogen) atoms. The number of amides is 2. The highest BCUT2D eigenvalue weighted by atomic mass is 35.5. The van der Waals surface area contributed by atoms with Crippen molar-refractivity contribution >= 4 is 46.9 Å². The van der Waals surface area contributed by atoms with Gasteiger partial charge in [0.1, 0.15) is 17.9 Å². The van der Waals surface area contributed by atoms with Crippen LogP contribution in [0.1, 0.15) is 12.0 Å². The number of hydrazone groups is 1. The molecule has 0 spiro atoms. The molecule has 0 heterocycles. The summed E-state index contributed by atoms with van der Waals surface area (Å²) in [6, 6.07) is 9.77. The fraction of sp³-hybridized carbons (Fsp3) is 0.167. The number of hydrogen-bond acceptors (Lipinski definition) is 5. The molecule has 0 saturated carbocycles. The molecular weight excluding hydrogens is 393 g/mol. The van der Waals surface area contributed by atoms with Crippen LogP contribution in [0.5, 0.6) is 11.5 Å². The zero-order valence-corrected chi connectivity index (χ0v) is 16.1. The number of ether oxygens (including phenoxy) is 2. The number of hydrogen-bond donors (Lipinski definition) is 2. The van der Waals surface area contributed by atoms with Crippen LogP contribution in [0.25, 0.3) is 0 Å². The van der Waals surface area contributed by atoms with Crippen LogP contribution in [0.3, 0.4) is 0 Å². The van der Waals surface area contributed by atoms with E-state index >= 15 is 0 Å². The van der Waals surface area contributed by atoms with Gasteiger partial charge in [0.25, 0.3) is 0 Å². The summed E-state index contributed by atoms with van der Waals surface area (Å²) in [6.45, 7) is 0. The van der Waals surface area contributed by atoms with Crippen LogP contribution in [0.4, 0.5) is 5.69 Å². The zero-order valence-electron chi connectivity index (χ0n) is 14.6. The minimum atomic E-state index is -0.573. The van der Waals surface area contributed by atoms with E-state index in [1.54, 1.807) is 37.4 Å². The Bertz CT molecular complexity index is 872. The molecule has 0 fully saturated rings. The Balaban J connectivity index is 1.89. The average molecular weight is 410 g/mol. The summed E-state index contributed by atoms with van der Waals surface area (Å²) in [5.74, 6) is 0.0797. The lowest BCUT2D eigenvalue weighted by atomic mass is 10.2. The second-order valence-electron chi connectivity index (χ2n) is 5.25. The molecule has 0 atom stereocenters. The van der Waals surface area contributed by atoms with Gasteiger partial charge < -0.3 is 14.8 Å². The van der Waals surface area contributed by atoms with Crippen molar-refractivity contribution in [3.63, 3.8) is 0 Å². The van der Waals surface area contributed by atoms with Crippen LogP contribution >= 0.6 is 23.2 Å². The summed E-state index contributed by atoms with van der Waals surface area (Å²) in [7, 11) is 3.06. The molecule has 0 aliphatic carbocycles. The molecule has 2 aromatic rings. The lowest BCUT2D eigenvalue weighted by molar-refractivity contribution is -0.126. The molecule has 142 valence electrons. The van der Waals surface area contributed by atoms with E-state index in [-0.39, 0.29) is 0 Å². The van der Waals surface area contributed by atoms with E-state index in [0.717, 1.165) is 0 Å². The Labute approximate surface area is 166 Å². The van der Waals surface area contributed by atoms with Gasteiger partial charge in [0.15, 0.2) is 0 Å². The molecule has 2 rings (SSSR count). The summed E-state index contributed by atoms with van der Waals surface area (Å²) in [6.07, 6.45) is 1.00. The summed E-state index contributed by atoms with van der Waals surface area (Å²) in [5.41, 5.74) is 3.36. The molecule has 0 aliphatic heterocycles. The smallest absolute Gasteiger partial charge is 0.249 e. The number of carbonyl (C=O) groups is 2. The van der Waals surface area contributed by atoms with Gasteiger partial charge in [-0.15, -0.1) is 0 Å². The molecule has 2 N–H and O–H groups in total. The fourth-order valence-corrected chi connectivity index (χ4v) is 2.36. The molecule has 9 heteroatoms. The second-order valence-corrected chi connectivity index (χ2v) is 6.07. The Morgan fingerprint density at radius 3 is 2.48 bits per heavy atom. The van der Waals surface area contributed by atoms with Crippen LogP contribution in [0.2, 0.25) is 10.0 Å². The summed E-state index contributed by atoms with van der Waals surface area (Å²) in [5, 5.41) is 7.05. The largest absolute Gasteiger partial charge is 0.497 e. The third-order valence-electron chi connectivity index (χ3n) is 3.36. The highest BCUT2D eigenvalue weighted by molar-refractivity contribution is 6.42. The first-order chi connectivity index (χ1) is 12.9. The number of nitrogens with one attached hydrogen (secondary N) is 2. The second kappa shape index (κ2) is 9.80. The van der Waals surface area contributed by atoms with Crippen LogP contribution in [-0.4, -0.2) is 32.2 Å². The number of carbonyl (C=O) groups excluding carboxylic acids is 2. The number of benzene rings is 2. The molecule has 0 saturated heterocycles. The first-order valence-electron chi connectivity index (χ1n) is 7.71. The third kappa shape index (κ3) is 6.16. The molecule has 0 unspecified atom stereocenters. The summed E-state index contributed by atoms with van der Waals surface area (Å²) < 4.78 is 10.3. The van der Waals surface area contributed by atoms with Gasteiger partial charge in [0, 0.05) is 17.3 Å². The number of halogens is 2. The van der Waals surface area contributed by atoms with Gasteiger partial charge in [-0.05, 0) is 30.3 Å². The Morgan fingerprint density at radius 2 is 1.81 bits per heavy atom. The van der Waals surface area contributed by atoms with E-state index in [1.165, 1.54) is 19.4 Å². The third-order valence-corrected chi connectivity index (χ3v) is 4.10. The molecule has 2 aromatic carbocycles. The van der Waals surface area contributed by atoms with E-state index in [1.807, 2.05) is 0 Å². The number of methoxy groups -OCH3 is 2. The average Bonchev–Trinajstić information content (AvgIpc) is 2.64. The zero-order chi connectivity index (χ0) is 19.8. The van der Waals surface area contributed by atoms with Gasteiger partial charge >= 0.3 is 0 Å². The first kappa shape index (κ1) is 20.5. The monoisotopic (exact) mass is 409 g/mol. The first-order valence-corrected chi connectivity index (χ1v) is 8.47. The van der Waals surface area contributed by atoms with Gasteiger partial charge in [0.05, 0.1) is 30.5 Å². The number of anilines is 1. The molecule has 0 bridgehead atoms. The lowest BCUT2D eigenvalue weighted by Crippen LogP contribution is -2.24. The minimum Gasteiger partial charge on any atom is -0.497 e. The van der Waals surface area contributed by atoms with Crippen LogP contribution < -0.4 is 20.2 Å². The van der Waals surface area contributed by atoms with E-state index < -0.39 is 18.2 Å². The number of rotatable bonds is 7. The highest BCUT2D eigenvalue weighted by Crippen LogP contribution is 2.25. The standard InChI is InChI=1S/C18H17Cl2N3O4/c1-26-13-5-3-11(16(8-13)27-2)10-21-23-18(25)9-17(24)22-12-4-6-14(19)15(20)7-12/h3-8,10H,9H2,1-2H3,(H,22,24)(H,23,25). The Hall–Kier alpha value is -2.77. The van der Waals surface area contributed by atoms with Crippen molar-refractivity contribution in [3.05, 3.63) is 52.0 Å². The predicted octanol–water partition coefficient (Wildman–Crippen LogP) is 3.49. The van der Waals surface area contributed by atoms with Crippen LogP contribution in [0, 0.1) is 0 Å². The molecule has 2 amide bonds. The van der Waals surface area contributed by atoms with Gasteiger partial charge in [-0.25, -0.2) is 5.43 Å². The molecule has 0 aliphatic rings. The topological polar surface area (TPSA) is 89.0 Å².